The van der Waals surface area contributed by atoms with E-state index in [1.54, 1.807) is 4.90 Å². The quantitative estimate of drug-likeness (QED) is 0.806. The van der Waals surface area contributed by atoms with Crippen LogP contribution in [0.2, 0.25) is 0 Å². The van der Waals surface area contributed by atoms with Crippen LogP contribution >= 0.6 is 0 Å². The van der Waals surface area contributed by atoms with E-state index in [0.29, 0.717) is 32.5 Å². The van der Waals surface area contributed by atoms with E-state index in [-0.39, 0.29) is 36.1 Å². The highest BCUT2D eigenvalue weighted by atomic mass is 32.2. The number of hydrogen-bond acceptors (Lipinski definition) is 6. The predicted molar refractivity (Wildman–Crippen MR) is 89.1 cm³/mol. The topological polar surface area (TPSA) is 117 Å². The third kappa shape index (κ3) is 3.76. The maximum absolute atomic E-state index is 12.6. The van der Waals surface area contributed by atoms with Crippen molar-refractivity contribution in [2.75, 3.05) is 32.8 Å². The molecule has 0 saturated carbocycles. The standard InChI is InChI=1S/C16H22N2O7S/c1-11-10-17(8-9-24-11)15(19)12-4-6-18(7-5-12)26(22,23)14-3-2-13(25-14)16(20)21/h2-3,11-12H,4-10H2,1H3,(H,20,21). The lowest BCUT2D eigenvalue weighted by Crippen LogP contribution is -2.49. The molecule has 1 aromatic rings. The number of ether oxygens (including phenoxy) is 1. The monoisotopic (exact) mass is 386 g/mol. The summed E-state index contributed by atoms with van der Waals surface area (Å²) in [6, 6.07) is 2.26. The molecule has 2 aliphatic heterocycles. The number of morpholine rings is 1. The van der Waals surface area contributed by atoms with Gasteiger partial charge in [0, 0.05) is 32.1 Å². The molecule has 1 aromatic heterocycles. The molecule has 0 spiro atoms. The van der Waals surface area contributed by atoms with Crippen LogP contribution < -0.4 is 0 Å². The van der Waals surface area contributed by atoms with Gasteiger partial charge in [-0.15, -0.1) is 0 Å². The van der Waals surface area contributed by atoms with E-state index in [9.17, 15) is 18.0 Å². The average Bonchev–Trinajstić information content (AvgIpc) is 3.12. The van der Waals surface area contributed by atoms with Crippen LogP contribution in [-0.4, -0.2) is 73.5 Å². The van der Waals surface area contributed by atoms with Gasteiger partial charge in [0.1, 0.15) is 0 Å². The van der Waals surface area contributed by atoms with E-state index in [1.165, 1.54) is 4.31 Å². The number of piperidine rings is 1. The van der Waals surface area contributed by atoms with E-state index in [0.717, 1.165) is 12.1 Å². The van der Waals surface area contributed by atoms with Crippen LogP contribution in [0.1, 0.15) is 30.3 Å². The summed E-state index contributed by atoms with van der Waals surface area (Å²) in [6.07, 6.45) is 0.864. The van der Waals surface area contributed by atoms with Gasteiger partial charge in [-0.3, -0.25) is 4.79 Å². The first-order valence-corrected chi connectivity index (χ1v) is 9.96. The number of nitrogens with zero attached hydrogens (tertiary/aromatic N) is 2. The Balaban J connectivity index is 1.62. The molecule has 0 aliphatic carbocycles. The molecule has 1 unspecified atom stereocenters. The largest absolute Gasteiger partial charge is 0.475 e. The number of sulfonamides is 1. The van der Waals surface area contributed by atoms with Crippen LogP contribution in [0, 0.1) is 5.92 Å². The molecule has 0 radical (unpaired) electrons. The second-order valence-corrected chi connectivity index (χ2v) is 8.44. The number of rotatable bonds is 4. The van der Waals surface area contributed by atoms with E-state index >= 15 is 0 Å². The van der Waals surface area contributed by atoms with Gasteiger partial charge < -0.3 is 19.2 Å². The lowest BCUT2D eigenvalue weighted by atomic mass is 9.96. The number of amides is 1. The van der Waals surface area contributed by atoms with Gasteiger partial charge in [-0.25, -0.2) is 13.2 Å². The minimum Gasteiger partial charge on any atom is -0.475 e. The van der Waals surface area contributed by atoms with Crippen molar-refractivity contribution in [3.63, 3.8) is 0 Å². The summed E-state index contributed by atoms with van der Waals surface area (Å²) in [5.74, 6) is -1.91. The van der Waals surface area contributed by atoms with Crippen LogP contribution in [0.4, 0.5) is 0 Å². The molecule has 2 saturated heterocycles. The maximum Gasteiger partial charge on any atom is 0.371 e. The Labute approximate surface area is 151 Å². The number of carboxylic acids is 1. The van der Waals surface area contributed by atoms with E-state index < -0.39 is 21.8 Å². The molecule has 1 atom stereocenters. The second-order valence-electron chi connectivity index (χ2n) is 6.57. The summed E-state index contributed by atoms with van der Waals surface area (Å²) >= 11 is 0. The summed E-state index contributed by atoms with van der Waals surface area (Å²) in [6.45, 7) is 3.95. The number of furan rings is 1. The molecule has 144 valence electrons. The van der Waals surface area contributed by atoms with Crippen molar-refractivity contribution in [3.8, 4) is 0 Å². The van der Waals surface area contributed by atoms with Crippen molar-refractivity contribution >= 4 is 21.9 Å². The molecule has 1 amide bonds. The van der Waals surface area contributed by atoms with Crippen LogP contribution in [0.3, 0.4) is 0 Å². The van der Waals surface area contributed by atoms with Crippen molar-refractivity contribution in [3.05, 3.63) is 17.9 Å². The number of aromatic carboxylic acids is 1. The van der Waals surface area contributed by atoms with Gasteiger partial charge in [0.05, 0.1) is 12.7 Å². The maximum atomic E-state index is 12.6. The van der Waals surface area contributed by atoms with Crippen LogP contribution in [0.15, 0.2) is 21.6 Å². The first-order valence-electron chi connectivity index (χ1n) is 8.52. The third-order valence-electron chi connectivity index (χ3n) is 4.74. The molecular weight excluding hydrogens is 364 g/mol. The predicted octanol–water partition coefficient (Wildman–Crippen LogP) is 0.626. The highest BCUT2D eigenvalue weighted by Gasteiger charge is 2.36. The SMILES string of the molecule is CC1CN(C(=O)C2CCN(S(=O)(=O)c3ccc(C(=O)O)o3)CC2)CCO1. The molecule has 2 aliphatic rings. The zero-order valence-electron chi connectivity index (χ0n) is 14.5. The Kier molecular flexibility index (Phi) is 5.35. The van der Waals surface area contributed by atoms with Gasteiger partial charge >= 0.3 is 5.97 Å². The van der Waals surface area contributed by atoms with Gasteiger partial charge in [-0.05, 0) is 31.9 Å². The summed E-state index contributed by atoms with van der Waals surface area (Å²) in [4.78, 5) is 25.3. The van der Waals surface area contributed by atoms with Crippen molar-refractivity contribution in [2.24, 2.45) is 5.92 Å². The normalized spacial score (nSPS) is 23.1. The molecule has 9 nitrogen and oxygen atoms in total. The highest BCUT2D eigenvalue weighted by molar-refractivity contribution is 7.89. The molecule has 26 heavy (non-hydrogen) atoms. The Hall–Kier alpha value is -1.91. The highest BCUT2D eigenvalue weighted by Crippen LogP contribution is 2.26. The number of carbonyl (C=O) groups is 2. The van der Waals surface area contributed by atoms with Gasteiger partial charge in [-0.2, -0.15) is 4.31 Å². The first kappa shape index (κ1) is 18.9. The van der Waals surface area contributed by atoms with Crippen molar-refractivity contribution in [1.82, 2.24) is 9.21 Å². The Morgan fingerprint density at radius 1 is 1.19 bits per heavy atom. The fourth-order valence-corrected chi connectivity index (χ4v) is 4.70. The molecule has 0 bridgehead atoms. The molecule has 10 heteroatoms. The fraction of sp³-hybridized carbons (Fsp3) is 0.625. The lowest BCUT2D eigenvalue weighted by molar-refractivity contribution is -0.143. The van der Waals surface area contributed by atoms with Crippen LogP contribution in [0.25, 0.3) is 0 Å². The van der Waals surface area contributed by atoms with Crippen LogP contribution in [-0.2, 0) is 19.6 Å². The van der Waals surface area contributed by atoms with E-state index in [1.807, 2.05) is 6.92 Å². The second kappa shape index (κ2) is 7.37. The zero-order chi connectivity index (χ0) is 18.9. The Morgan fingerprint density at radius 3 is 2.46 bits per heavy atom. The smallest absolute Gasteiger partial charge is 0.371 e. The minimum atomic E-state index is -3.90. The van der Waals surface area contributed by atoms with E-state index in [2.05, 4.69) is 0 Å². The number of carboxylic acid groups (broad SMARTS) is 1. The lowest BCUT2D eigenvalue weighted by Gasteiger charge is -2.36. The van der Waals surface area contributed by atoms with Gasteiger partial charge in [0.25, 0.3) is 10.0 Å². The number of hydrogen-bond donors (Lipinski definition) is 1. The van der Waals surface area contributed by atoms with Crippen molar-refractivity contribution in [1.29, 1.82) is 0 Å². The molecular formula is C16H22N2O7S. The van der Waals surface area contributed by atoms with Crippen molar-refractivity contribution in [2.45, 2.75) is 31.0 Å². The molecule has 2 fully saturated rings. The molecule has 3 rings (SSSR count). The van der Waals surface area contributed by atoms with E-state index in [4.69, 9.17) is 14.3 Å². The van der Waals surface area contributed by atoms with Gasteiger partial charge in [0.2, 0.25) is 16.8 Å². The zero-order valence-corrected chi connectivity index (χ0v) is 15.3. The van der Waals surface area contributed by atoms with Crippen molar-refractivity contribution < 1.29 is 32.3 Å². The average molecular weight is 386 g/mol. The fourth-order valence-electron chi connectivity index (χ4n) is 3.32. The van der Waals surface area contributed by atoms with Crippen LogP contribution in [0.5, 0.6) is 0 Å². The summed E-state index contributed by atoms with van der Waals surface area (Å²) in [5, 5.41) is 8.47. The molecule has 0 aromatic carbocycles. The summed E-state index contributed by atoms with van der Waals surface area (Å²) < 4.78 is 36.8. The summed E-state index contributed by atoms with van der Waals surface area (Å²) in [7, 11) is -3.90. The minimum absolute atomic E-state index is 0.00977. The Morgan fingerprint density at radius 2 is 1.88 bits per heavy atom. The molecule has 3 heterocycles. The molecule has 1 N–H and O–H groups in total. The Bertz CT molecular complexity index is 780. The van der Waals surface area contributed by atoms with Gasteiger partial charge in [-0.1, -0.05) is 0 Å². The summed E-state index contributed by atoms with van der Waals surface area (Å²) in [5.41, 5.74) is 0. The first-order chi connectivity index (χ1) is 12.3. The third-order valence-corrected chi connectivity index (χ3v) is 6.52. The number of carbonyl (C=O) groups excluding carboxylic acids is 1. The van der Waals surface area contributed by atoms with Gasteiger partial charge in [0.15, 0.2) is 0 Å².